The third-order valence-corrected chi connectivity index (χ3v) is 5.29. The Kier molecular flexibility index (Phi) is 5.57. The number of carbonyl (C=O) groups excluding carboxylic acids is 1. The van der Waals surface area contributed by atoms with E-state index in [1.54, 1.807) is 22.8 Å². The monoisotopic (exact) mass is 448 g/mol. The number of aromatic hydroxyl groups is 1. The van der Waals surface area contributed by atoms with E-state index < -0.39 is 4.92 Å². The van der Waals surface area contributed by atoms with Crippen molar-refractivity contribution in [3.05, 3.63) is 56.5 Å². The van der Waals surface area contributed by atoms with Gasteiger partial charge in [-0.1, -0.05) is 22.0 Å². The standard InChI is InChI=1S/C17H13BrN4O4S/c1-2-21-16(12-8-11(18)4-5-14(12)24)19-20-17(21)27-15-6-3-10(9-23)7-13(15)22(25)26/h3-9,24H,2H2,1H3. The Labute approximate surface area is 166 Å². The summed E-state index contributed by atoms with van der Waals surface area (Å²) < 4.78 is 2.53. The first-order valence-electron chi connectivity index (χ1n) is 7.78. The lowest BCUT2D eigenvalue weighted by Gasteiger charge is -2.09. The van der Waals surface area contributed by atoms with E-state index in [9.17, 15) is 20.0 Å². The normalized spacial score (nSPS) is 10.7. The number of nitrogens with zero attached hydrogens (tertiary/aromatic N) is 4. The summed E-state index contributed by atoms with van der Waals surface area (Å²) in [6.07, 6.45) is 0.560. The van der Waals surface area contributed by atoms with Crippen LogP contribution in [0.1, 0.15) is 17.3 Å². The number of rotatable bonds is 6. The highest BCUT2D eigenvalue weighted by Crippen LogP contribution is 2.37. The van der Waals surface area contributed by atoms with Crippen LogP contribution in [0.3, 0.4) is 0 Å². The van der Waals surface area contributed by atoms with Gasteiger partial charge in [-0.25, -0.2) is 0 Å². The molecule has 0 aliphatic carbocycles. The van der Waals surface area contributed by atoms with E-state index in [1.807, 2.05) is 6.92 Å². The van der Waals surface area contributed by atoms with Gasteiger partial charge in [-0.05, 0) is 43.0 Å². The van der Waals surface area contributed by atoms with E-state index in [-0.39, 0.29) is 17.0 Å². The van der Waals surface area contributed by atoms with Crippen LogP contribution < -0.4 is 0 Å². The van der Waals surface area contributed by atoms with Gasteiger partial charge in [0, 0.05) is 22.6 Å². The van der Waals surface area contributed by atoms with E-state index >= 15 is 0 Å². The van der Waals surface area contributed by atoms with Gasteiger partial charge in [0.2, 0.25) is 0 Å². The zero-order chi connectivity index (χ0) is 19.6. The highest BCUT2D eigenvalue weighted by molar-refractivity contribution is 9.10. The highest BCUT2D eigenvalue weighted by Gasteiger charge is 2.21. The Morgan fingerprint density at radius 1 is 1.30 bits per heavy atom. The van der Waals surface area contributed by atoms with E-state index in [0.29, 0.717) is 34.3 Å². The minimum Gasteiger partial charge on any atom is -0.507 e. The van der Waals surface area contributed by atoms with Crippen molar-refractivity contribution in [3.8, 4) is 17.1 Å². The number of aldehydes is 1. The van der Waals surface area contributed by atoms with Crippen molar-refractivity contribution >= 4 is 39.7 Å². The van der Waals surface area contributed by atoms with Gasteiger partial charge in [-0.3, -0.25) is 14.9 Å². The molecule has 0 aliphatic heterocycles. The Balaban J connectivity index is 2.05. The number of phenolic OH excluding ortho intramolecular Hbond substituents is 1. The fourth-order valence-corrected chi connectivity index (χ4v) is 3.81. The van der Waals surface area contributed by atoms with E-state index in [2.05, 4.69) is 26.1 Å². The molecule has 1 N–H and O–H groups in total. The molecule has 0 saturated carbocycles. The molecular weight excluding hydrogens is 436 g/mol. The molecule has 27 heavy (non-hydrogen) atoms. The molecule has 0 fully saturated rings. The van der Waals surface area contributed by atoms with Crippen LogP contribution in [0.2, 0.25) is 0 Å². The molecule has 3 rings (SSSR count). The number of carbonyl (C=O) groups is 1. The smallest absolute Gasteiger partial charge is 0.284 e. The van der Waals surface area contributed by atoms with Crippen molar-refractivity contribution in [1.82, 2.24) is 14.8 Å². The highest BCUT2D eigenvalue weighted by atomic mass is 79.9. The molecule has 138 valence electrons. The summed E-state index contributed by atoms with van der Waals surface area (Å²) in [6, 6.07) is 9.22. The number of benzene rings is 2. The third-order valence-electron chi connectivity index (χ3n) is 3.75. The van der Waals surface area contributed by atoms with Crippen LogP contribution in [0.5, 0.6) is 5.75 Å². The predicted molar refractivity (Wildman–Crippen MR) is 103 cm³/mol. The zero-order valence-electron chi connectivity index (χ0n) is 14.0. The van der Waals surface area contributed by atoms with Crippen molar-refractivity contribution in [1.29, 1.82) is 0 Å². The lowest BCUT2D eigenvalue weighted by Crippen LogP contribution is -2.00. The minimum absolute atomic E-state index is 0.0539. The maximum atomic E-state index is 11.3. The average Bonchev–Trinajstić information content (AvgIpc) is 3.06. The Bertz CT molecular complexity index is 1040. The number of nitro groups is 1. The average molecular weight is 449 g/mol. The zero-order valence-corrected chi connectivity index (χ0v) is 16.4. The van der Waals surface area contributed by atoms with Gasteiger partial charge in [0.25, 0.3) is 5.69 Å². The van der Waals surface area contributed by atoms with Crippen LogP contribution in [0.15, 0.2) is 50.9 Å². The Morgan fingerprint density at radius 2 is 2.07 bits per heavy atom. The second-order valence-corrected chi connectivity index (χ2v) is 7.34. The molecule has 0 spiro atoms. The first kappa shape index (κ1) is 19.1. The number of hydrogen-bond donors (Lipinski definition) is 1. The second kappa shape index (κ2) is 7.89. The van der Waals surface area contributed by atoms with Crippen LogP contribution in [0, 0.1) is 10.1 Å². The predicted octanol–water partition coefficient (Wildman–Crippen LogP) is 4.31. The number of aromatic nitrogens is 3. The van der Waals surface area contributed by atoms with Crippen molar-refractivity contribution < 1.29 is 14.8 Å². The van der Waals surface area contributed by atoms with Crippen molar-refractivity contribution in [2.45, 2.75) is 23.5 Å². The lowest BCUT2D eigenvalue weighted by molar-refractivity contribution is -0.387. The Morgan fingerprint density at radius 3 is 2.74 bits per heavy atom. The SMILES string of the molecule is CCn1c(Sc2ccc(C=O)cc2[N+](=O)[O-])nnc1-c1cc(Br)ccc1O. The molecule has 0 unspecified atom stereocenters. The largest absolute Gasteiger partial charge is 0.507 e. The van der Waals surface area contributed by atoms with E-state index in [4.69, 9.17) is 0 Å². The summed E-state index contributed by atoms with van der Waals surface area (Å²) in [5.41, 5.74) is 0.543. The molecule has 3 aromatic rings. The van der Waals surface area contributed by atoms with Crippen LogP contribution in [-0.4, -0.2) is 31.1 Å². The summed E-state index contributed by atoms with van der Waals surface area (Å²) in [4.78, 5) is 22.0. The molecule has 2 aromatic carbocycles. The van der Waals surface area contributed by atoms with E-state index in [0.717, 1.165) is 16.2 Å². The quantitative estimate of drug-likeness (QED) is 0.339. The molecule has 0 amide bonds. The van der Waals surface area contributed by atoms with Gasteiger partial charge < -0.3 is 9.67 Å². The van der Waals surface area contributed by atoms with Crippen LogP contribution in [0.25, 0.3) is 11.4 Å². The second-order valence-electron chi connectivity index (χ2n) is 5.42. The van der Waals surface area contributed by atoms with Crippen LogP contribution in [0.4, 0.5) is 5.69 Å². The topological polar surface area (TPSA) is 111 Å². The van der Waals surface area contributed by atoms with Gasteiger partial charge in [0.05, 0.1) is 15.4 Å². The first-order chi connectivity index (χ1) is 12.9. The molecule has 0 bridgehead atoms. The molecule has 1 aromatic heterocycles. The molecular formula is C17H13BrN4O4S. The number of phenols is 1. The fourth-order valence-electron chi connectivity index (χ4n) is 2.47. The maximum absolute atomic E-state index is 11.3. The lowest BCUT2D eigenvalue weighted by atomic mass is 10.2. The third kappa shape index (κ3) is 3.86. The number of halogens is 1. The summed E-state index contributed by atoms with van der Waals surface area (Å²) in [5.74, 6) is 0.504. The molecule has 0 atom stereocenters. The van der Waals surface area contributed by atoms with E-state index in [1.165, 1.54) is 18.2 Å². The maximum Gasteiger partial charge on any atom is 0.284 e. The molecule has 8 nitrogen and oxygen atoms in total. The molecule has 0 radical (unpaired) electrons. The van der Waals surface area contributed by atoms with Crippen molar-refractivity contribution in [2.75, 3.05) is 0 Å². The fraction of sp³-hybridized carbons (Fsp3) is 0.118. The van der Waals surface area contributed by atoms with Crippen LogP contribution >= 0.6 is 27.7 Å². The minimum atomic E-state index is -0.539. The Hall–Kier alpha value is -2.72. The first-order valence-corrected chi connectivity index (χ1v) is 9.39. The van der Waals surface area contributed by atoms with Gasteiger partial charge >= 0.3 is 0 Å². The summed E-state index contributed by atoms with van der Waals surface area (Å²) >= 11 is 4.44. The number of hydrogen-bond acceptors (Lipinski definition) is 7. The van der Waals surface area contributed by atoms with Gasteiger partial charge in [0.1, 0.15) is 12.0 Å². The molecule has 10 heteroatoms. The van der Waals surface area contributed by atoms with Crippen molar-refractivity contribution in [2.24, 2.45) is 0 Å². The van der Waals surface area contributed by atoms with Gasteiger partial charge in [-0.15, -0.1) is 10.2 Å². The molecule has 0 aliphatic rings. The summed E-state index contributed by atoms with van der Waals surface area (Å²) in [7, 11) is 0. The van der Waals surface area contributed by atoms with Crippen molar-refractivity contribution in [3.63, 3.8) is 0 Å². The van der Waals surface area contributed by atoms with Gasteiger partial charge in [-0.2, -0.15) is 0 Å². The van der Waals surface area contributed by atoms with Crippen LogP contribution in [-0.2, 0) is 6.54 Å². The molecule has 0 saturated heterocycles. The van der Waals surface area contributed by atoms with Gasteiger partial charge in [0.15, 0.2) is 11.0 Å². The summed E-state index contributed by atoms with van der Waals surface area (Å²) in [6.45, 7) is 2.38. The molecule has 1 heterocycles. The number of nitro benzene ring substituents is 1. The summed E-state index contributed by atoms with van der Waals surface area (Å²) in [5, 5.41) is 30.2.